The van der Waals surface area contributed by atoms with Crippen molar-refractivity contribution in [1.82, 2.24) is 0 Å². The molecule has 0 spiro atoms. The average Bonchev–Trinajstić information content (AvgIpc) is 2.73. The van der Waals surface area contributed by atoms with Crippen molar-refractivity contribution in [3.8, 4) is 5.75 Å². The Bertz CT molecular complexity index is 919. The zero-order chi connectivity index (χ0) is 19.2. The standard InChI is InChI=1S/C22H17ClO4/c1-26-19-13-9-17(10-14-19)22(25)27-21(16-7-11-18(23)12-8-16)20(24)15-5-3-2-4-6-15/h2-14,21H,1H3/t21-/m0/s1. The lowest BCUT2D eigenvalue weighted by atomic mass is 9.99. The van der Waals surface area contributed by atoms with Crippen molar-refractivity contribution >= 4 is 23.4 Å². The molecule has 0 radical (unpaired) electrons. The monoisotopic (exact) mass is 380 g/mol. The maximum absolute atomic E-state index is 13.0. The van der Waals surface area contributed by atoms with E-state index >= 15 is 0 Å². The summed E-state index contributed by atoms with van der Waals surface area (Å²) >= 11 is 5.94. The average molecular weight is 381 g/mol. The van der Waals surface area contributed by atoms with Crippen molar-refractivity contribution in [3.05, 3.63) is 101 Å². The summed E-state index contributed by atoms with van der Waals surface area (Å²) in [6.07, 6.45) is -1.07. The lowest BCUT2D eigenvalue weighted by Gasteiger charge is -2.18. The number of rotatable bonds is 6. The van der Waals surface area contributed by atoms with Crippen LogP contribution in [0.4, 0.5) is 0 Å². The summed E-state index contributed by atoms with van der Waals surface area (Å²) in [5.74, 6) is -0.275. The first-order valence-corrected chi connectivity index (χ1v) is 8.66. The fraction of sp³-hybridized carbons (Fsp3) is 0.0909. The molecule has 0 N–H and O–H groups in total. The molecule has 0 fully saturated rings. The van der Waals surface area contributed by atoms with Crippen LogP contribution in [0, 0.1) is 0 Å². The minimum absolute atomic E-state index is 0.306. The predicted molar refractivity (Wildman–Crippen MR) is 103 cm³/mol. The molecule has 27 heavy (non-hydrogen) atoms. The Hall–Kier alpha value is -3.11. The number of benzene rings is 3. The second kappa shape index (κ2) is 8.52. The van der Waals surface area contributed by atoms with Gasteiger partial charge in [0.2, 0.25) is 5.78 Å². The lowest BCUT2D eigenvalue weighted by Crippen LogP contribution is -2.20. The number of ether oxygens (including phenoxy) is 2. The molecule has 0 aliphatic carbocycles. The highest BCUT2D eigenvalue weighted by molar-refractivity contribution is 6.30. The van der Waals surface area contributed by atoms with Gasteiger partial charge in [0.05, 0.1) is 12.7 Å². The topological polar surface area (TPSA) is 52.6 Å². The molecule has 0 aliphatic heterocycles. The number of carbonyl (C=O) groups excluding carboxylic acids is 2. The van der Waals surface area contributed by atoms with Crippen LogP contribution in [0.1, 0.15) is 32.4 Å². The van der Waals surface area contributed by atoms with E-state index in [-0.39, 0.29) is 5.78 Å². The normalized spacial score (nSPS) is 11.5. The molecule has 4 nitrogen and oxygen atoms in total. The Balaban J connectivity index is 1.90. The highest BCUT2D eigenvalue weighted by Crippen LogP contribution is 2.26. The number of methoxy groups -OCH3 is 1. The first-order valence-electron chi connectivity index (χ1n) is 8.28. The van der Waals surface area contributed by atoms with Gasteiger partial charge < -0.3 is 9.47 Å². The number of carbonyl (C=O) groups is 2. The summed E-state index contributed by atoms with van der Waals surface area (Å²) in [6.45, 7) is 0. The largest absolute Gasteiger partial charge is 0.497 e. The van der Waals surface area contributed by atoms with Gasteiger partial charge in [-0.15, -0.1) is 0 Å². The van der Waals surface area contributed by atoms with Gasteiger partial charge in [0.15, 0.2) is 6.10 Å². The Morgan fingerprint density at radius 3 is 2.04 bits per heavy atom. The van der Waals surface area contributed by atoms with Gasteiger partial charge in [-0.1, -0.05) is 54.1 Å². The van der Waals surface area contributed by atoms with Crippen LogP contribution in [0.5, 0.6) is 5.75 Å². The molecular weight excluding hydrogens is 364 g/mol. The lowest BCUT2D eigenvalue weighted by molar-refractivity contribution is 0.0280. The third-order valence-electron chi connectivity index (χ3n) is 4.02. The number of halogens is 1. The van der Waals surface area contributed by atoms with Crippen LogP contribution in [0.3, 0.4) is 0 Å². The van der Waals surface area contributed by atoms with E-state index in [2.05, 4.69) is 0 Å². The molecular formula is C22H17ClO4. The SMILES string of the molecule is COc1ccc(C(=O)O[C@H](C(=O)c2ccccc2)c2ccc(Cl)cc2)cc1. The maximum atomic E-state index is 13.0. The molecule has 0 heterocycles. The number of Topliss-reactive ketones (excluding diaryl/α,β-unsaturated/α-hetero) is 1. The Kier molecular flexibility index (Phi) is 5.89. The van der Waals surface area contributed by atoms with Gasteiger partial charge in [-0.2, -0.15) is 0 Å². The summed E-state index contributed by atoms with van der Waals surface area (Å²) < 4.78 is 10.7. The smallest absolute Gasteiger partial charge is 0.339 e. The fourth-order valence-electron chi connectivity index (χ4n) is 2.57. The van der Waals surface area contributed by atoms with E-state index in [1.807, 2.05) is 6.07 Å². The van der Waals surface area contributed by atoms with Gasteiger partial charge in [0.1, 0.15) is 5.75 Å². The second-order valence-electron chi connectivity index (χ2n) is 5.80. The molecule has 0 saturated heterocycles. The molecule has 136 valence electrons. The molecule has 0 saturated carbocycles. The molecule has 3 aromatic carbocycles. The van der Waals surface area contributed by atoms with Crippen molar-refractivity contribution in [2.24, 2.45) is 0 Å². The first-order chi connectivity index (χ1) is 13.1. The van der Waals surface area contributed by atoms with Crippen molar-refractivity contribution < 1.29 is 19.1 Å². The van der Waals surface area contributed by atoms with Crippen LogP contribution in [0.15, 0.2) is 78.9 Å². The number of hydrogen-bond donors (Lipinski definition) is 0. The fourth-order valence-corrected chi connectivity index (χ4v) is 2.69. The molecule has 0 amide bonds. The zero-order valence-corrected chi connectivity index (χ0v) is 15.3. The van der Waals surface area contributed by atoms with Crippen LogP contribution in [-0.4, -0.2) is 18.9 Å². The van der Waals surface area contributed by atoms with E-state index in [9.17, 15) is 9.59 Å². The molecule has 0 aromatic heterocycles. The van der Waals surface area contributed by atoms with Crippen LogP contribution in [0.2, 0.25) is 5.02 Å². The predicted octanol–water partition coefficient (Wildman–Crippen LogP) is 5.13. The summed E-state index contributed by atoms with van der Waals surface area (Å²) in [7, 11) is 1.54. The number of ketones is 1. The van der Waals surface area contributed by atoms with Gasteiger partial charge in [-0.05, 0) is 36.4 Å². The van der Waals surface area contributed by atoms with Gasteiger partial charge >= 0.3 is 5.97 Å². The molecule has 3 aromatic rings. The third kappa shape index (κ3) is 4.54. The molecule has 5 heteroatoms. The van der Waals surface area contributed by atoms with E-state index in [0.29, 0.717) is 27.5 Å². The second-order valence-corrected chi connectivity index (χ2v) is 6.23. The highest BCUT2D eigenvalue weighted by Gasteiger charge is 2.26. The van der Waals surface area contributed by atoms with E-state index in [1.54, 1.807) is 79.9 Å². The number of esters is 1. The maximum Gasteiger partial charge on any atom is 0.339 e. The van der Waals surface area contributed by atoms with Gasteiger partial charge in [-0.3, -0.25) is 4.79 Å². The summed E-state index contributed by atoms with van der Waals surface area (Å²) in [5, 5.41) is 0.533. The quantitative estimate of drug-likeness (QED) is 0.439. The van der Waals surface area contributed by atoms with Gasteiger partial charge in [0.25, 0.3) is 0 Å². The molecule has 0 unspecified atom stereocenters. The molecule has 3 rings (SSSR count). The molecule has 0 aliphatic rings. The Labute approximate surface area is 162 Å². The summed E-state index contributed by atoms with van der Waals surface area (Å²) in [5.41, 5.74) is 1.34. The van der Waals surface area contributed by atoms with Gasteiger partial charge in [-0.25, -0.2) is 4.79 Å². The van der Waals surface area contributed by atoms with Gasteiger partial charge in [0, 0.05) is 16.1 Å². The number of hydrogen-bond acceptors (Lipinski definition) is 4. The summed E-state index contributed by atoms with van der Waals surface area (Å²) in [6, 6.07) is 21.9. The van der Waals surface area contributed by atoms with Crippen molar-refractivity contribution in [1.29, 1.82) is 0 Å². The van der Waals surface area contributed by atoms with E-state index < -0.39 is 12.1 Å². The zero-order valence-electron chi connectivity index (χ0n) is 14.6. The van der Waals surface area contributed by atoms with Crippen LogP contribution < -0.4 is 4.74 Å². The van der Waals surface area contributed by atoms with E-state index in [1.165, 1.54) is 0 Å². The van der Waals surface area contributed by atoms with Crippen LogP contribution in [0.25, 0.3) is 0 Å². The van der Waals surface area contributed by atoms with Crippen LogP contribution in [-0.2, 0) is 4.74 Å². The first kappa shape index (κ1) is 18.7. The van der Waals surface area contributed by atoms with E-state index in [4.69, 9.17) is 21.1 Å². The van der Waals surface area contributed by atoms with Crippen molar-refractivity contribution in [2.45, 2.75) is 6.10 Å². The van der Waals surface area contributed by atoms with Crippen LogP contribution >= 0.6 is 11.6 Å². The third-order valence-corrected chi connectivity index (χ3v) is 4.27. The van der Waals surface area contributed by atoms with E-state index in [0.717, 1.165) is 0 Å². The molecule has 1 atom stereocenters. The molecule has 0 bridgehead atoms. The van der Waals surface area contributed by atoms with Crippen molar-refractivity contribution in [3.63, 3.8) is 0 Å². The minimum atomic E-state index is -1.07. The highest BCUT2D eigenvalue weighted by atomic mass is 35.5. The minimum Gasteiger partial charge on any atom is -0.497 e. The van der Waals surface area contributed by atoms with Crippen molar-refractivity contribution in [2.75, 3.05) is 7.11 Å². The Morgan fingerprint density at radius 1 is 0.815 bits per heavy atom. The Morgan fingerprint density at radius 2 is 1.44 bits per heavy atom. The summed E-state index contributed by atoms with van der Waals surface area (Å²) in [4.78, 5) is 25.6.